The summed E-state index contributed by atoms with van der Waals surface area (Å²) in [6, 6.07) is 3.07. The number of hydrogen-bond donors (Lipinski definition) is 0. The maximum absolute atomic E-state index is 13.1. The van der Waals surface area contributed by atoms with Gasteiger partial charge in [-0.1, -0.05) is 0 Å². The molecular weight excluding hydrogens is 525 g/mol. The van der Waals surface area contributed by atoms with E-state index in [0.717, 1.165) is 10.8 Å². The summed E-state index contributed by atoms with van der Waals surface area (Å²) in [6.07, 6.45) is 2.05. The molecule has 0 saturated heterocycles. The van der Waals surface area contributed by atoms with Gasteiger partial charge in [0.05, 0.1) is 5.92 Å². The Kier molecular flexibility index (Phi) is 9.42. The molecule has 0 aliphatic heterocycles. The van der Waals surface area contributed by atoms with Crippen LogP contribution in [0.2, 0.25) is 0 Å². The highest BCUT2D eigenvalue weighted by Crippen LogP contribution is 2.37. The molecule has 0 aliphatic rings. The van der Waals surface area contributed by atoms with Gasteiger partial charge in [-0.2, -0.15) is 13.2 Å². The van der Waals surface area contributed by atoms with E-state index in [0.29, 0.717) is 10.0 Å². The van der Waals surface area contributed by atoms with E-state index >= 15 is 0 Å². The highest BCUT2D eigenvalue weighted by Gasteiger charge is 2.43. The number of pyridine rings is 2. The molecule has 2 rings (SSSR count). The van der Waals surface area contributed by atoms with Crippen molar-refractivity contribution in [1.29, 1.82) is 0 Å². The zero-order chi connectivity index (χ0) is 21.5. The molecule has 0 N–H and O–H groups in total. The minimum atomic E-state index is -4.44. The monoisotopic (exact) mass is 542 g/mol. The quantitative estimate of drug-likeness (QED) is 0.464. The number of nitrogens with zero attached hydrogens (tertiary/aromatic N) is 2. The standard InChI is InChI=1S/C12H15BrF3NOS.C6H4BrNO/c1-11(2,3)19(18)7-10(12(14,15)16)8-4-9(13)6-17-5-8;7-6-1-5(4-9)2-8-3-6/h4-6,10H,7H2,1-3H3;1-4H. The molecular formula is C18H19Br2F3N2O2S. The summed E-state index contributed by atoms with van der Waals surface area (Å²) in [6.45, 7) is 4.99. The third kappa shape index (κ3) is 8.48. The van der Waals surface area contributed by atoms with E-state index in [4.69, 9.17) is 0 Å². The van der Waals surface area contributed by atoms with Crippen LogP contribution in [0.5, 0.6) is 0 Å². The van der Waals surface area contributed by atoms with Gasteiger partial charge in [-0.05, 0) is 70.3 Å². The molecule has 10 heteroatoms. The van der Waals surface area contributed by atoms with Gasteiger partial charge in [0.1, 0.15) is 0 Å². The van der Waals surface area contributed by atoms with Crippen molar-refractivity contribution in [1.82, 2.24) is 9.97 Å². The molecule has 28 heavy (non-hydrogen) atoms. The van der Waals surface area contributed by atoms with Crippen LogP contribution in [-0.2, 0) is 10.8 Å². The molecule has 2 atom stereocenters. The van der Waals surface area contributed by atoms with Crippen LogP contribution >= 0.6 is 31.9 Å². The van der Waals surface area contributed by atoms with Crippen LogP contribution in [0, 0.1) is 0 Å². The second-order valence-electron chi connectivity index (χ2n) is 6.71. The van der Waals surface area contributed by atoms with Crippen molar-refractivity contribution >= 4 is 48.9 Å². The lowest BCUT2D eigenvalue weighted by molar-refractivity contribution is -0.145. The predicted octanol–water partition coefficient (Wildman–Crippen LogP) is 5.69. The van der Waals surface area contributed by atoms with Gasteiger partial charge in [-0.3, -0.25) is 19.0 Å². The Labute approximate surface area is 181 Å². The number of carbonyl (C=O) groups is 1. The largest absolute Gasteiger partial charge is 0.396 e. The second-order valence-corrected chi connectivity index (χ2v) is 10.8. The Morgan fingerprint density at radius 3 is 1.96 bits per heavy atom. The predicted molar refractivity (Wildman–Crippen MR) is 111 cm³/mol. The van der Waals surface area contributed by atoms with E-state index in [1.54, 1.807) is 33.0 Å². The van der Waals surface area contributed by atoms with Crippen molar-refractivity contribution in [3.63, 3.8) is 0 Å². The summed E-state index contributed by atoms with van der Waals surface area (Å²) in [4.78, 5) is 17.6. The Bertz CT molecular complexity index is 827. The highest BCUT2D eigenvalue weighted by atomic mass is 79.9. The van der Waals surface area contributed by atoms with E-state index in [9.17, 15) is 22.2 Å². The summed E-state index contributed by atoms with van der Waals surface area (Å²) in [5, 5.41) is 0. The highest BCUT2D eigenvalue weighted by molar-refractivity contribution is 9.10. The van der Waals surface area contributed by atoms with Crippen molar-refractivity contribution in [2.45, 2.75) is 37.6 Å². The normalized spacial score (nSPS) is 13.9. The molecule has 0 radical (unpaired) electrons. The number of hydrogen-bond acceptors (Lipinski definition) is 4. The van der Waals surface area contributed by atoms with Crippen LogP contribution in [0.15, 0.2) is 45.9 Å². The van der Waals surface area contributed by atoms with Gasteiger partial charge in [-0.15, -0.1) is 0 Å². The van der Waals surface area contributed by atoms with Crippen LogP contribution in [0.4, 0.5) is 13.2 Å². The maximum Gasteiger partial charge on any atom is 0.396 e. The average molecular weight is 544 g/mol. The third-order valence-corrected chi connectivity index (χ3v) is 6.26. The molecule has 0 saturated carbocycles. The van der Waals surface area contributed by atoms with Crippen molar-refractivity contribution in [3.8, 4) is 0 Å². The van der Waals surface area contributed by atoms with Gasteiger partial charge in [0.2, 0.25) is 0 Å². The summed E-state index contributed by atoms with van der Waals surface area (Å²) >= 11 is 6.28. The molecule has 0 bridgehead atoms. The Morgan fingerprint density at radius 1 is 1.04 bits per heavy atom. The van der Waals surface area contributed by atoms with Crippen molar-refractivity contribution in [2.75, 3.05) is 5.75 Å². The SMILES string of the molecule is CC(C)(C)S(=O)CC(c1cncc(Br)c1)C(F)(F)F.O=Cc1cncc(Br)c1. The summed E-state index contributed by atoms with van der Waals surface area (Å²) in [7, 11) is -1.58. The minimum absolute atomic E-state index is 0.0273. The lowest BCUT2D eigenvalue weighted by atomic mass is 10.0. The number of carbonyl (C=O) groups excluding carboxylic acids is 1. The molecule has 2 aromatic heterocycles. The lowest BCUT2D eigenvalue weighted by Gasteiger charge is -2.25. The van der Waals surface area contributed by atoms with E-state index in [-0.39, 0.29) is 5.56 Å². The average Bonchev–Trinajstić information content (AvgIpc) is 2.58. The number of rotatable bonds is 4. The van der Waals surface area contributed by atoms with Crippen LogP contribution in [0.3, 0.4) is 0 Å². The van der Waals surface area contributed by atoms with Gasteiger partial charge >= 0.3 is 6.18 Å². The van der Waals surface area contributed by atoms with Crippen molar-refractivity contribution < 1.29 is 22.2 Å². The van der Waals surface area contributed by atoms with E-state index < -0.39 is 33.4 Å². The fourth-order valence-electron chi connectivity index (χ4n) is 1.89. The lowest BCUT2D eigenvalue weighted by Crippen LogP contribution is -2.32. The number of halogens is 5. The Balaban J connectivity index is 0.000000362. The van der Waals surface area contributed by atoms with Crippen LogP contribution in [0.25, 0.3) is 0 Å². The van der Waals surface area contributed by atoms with Crippen LogP contribution < -0.4 is 0 Å². The number of aldehydes is 1. The first-order valence-electron chi connectivity index (χ1n) is 7.96. The Morgan fingerprint density at radius 2 is 1.57 bits per heavy atom. The Hall–Kier alpha value is -1.13. The summed E-state index contributed by atoms with van der Waals surface area (Å²) < 4.78 is 51.9. The van der Waals surface area contributed by atoms with Gasteiger partial charge in [0.25, 0.3) is 0 Å². The van der Waals surface area contributed by atoms with E-state index in [1.807, 2.05) is 0 Å². The van der Waals surface area contributed by atoms with Gasteiger partial charge < -0.3 is 0 Å². The van der Waals surface area contributed by atoms with E-state index in [2.05, 4.69) is 41.8 Å². The summed E-state index contributed by atoms with van der Waals surface area (Å²) in [5.74, 6) is -2.22. The molecule has 154 valence electrons. The first-order valence-corrected chi connectivity index (χ1v) is 10.9. The molecule has 0 amide bonds. The molecule has 0 aliphatic carbocycles. The molecule has 0 aromatic carbocycles. The molecule has 4 nitrogen and oxygen atoms in total. The molecule has 2 aromatic rings. The zero-order valence-corrected chi connectivity index (χ0v) is 19.3. The first-order chi connectivity index (χ1) is 12.8. The zero-order valence-electron chi connectivity index (χ0n) is 15.3. The third-order valence-electron chi connectivity index (χ3n) is 3.39. The molecule has 0 fully saturated rings. The minimum Gasteiger partial charge on any atom is -0.298 e. The smallest absolute Gasteiger partial charge is 0.298 e. The molecule has 0 spiro atoms. The molecule has 2 heterocycles. The summed E-state index contributed by atoms with van der Waals surface area (Å²) in [5.41, 5.74) is 0.615. The number of aromatic nitrogens is 2. The van der Waals surface area contributed by atoms with Crippen LogP contribution in [-0.4, -0.2) is 37.1 Å². The first kappa shape index (κ1) is 24.9. The number of alkyl halides is 3. The fraction of sp³-hybridized carbons (Fsp3) is 0.389. The van der Waals surface area contributed by atoms with Crippen molar-refractivity contribution in [3.05, 3.63) is 57.0 Å². The fourth-order valence-corrected chi connectivity index (χ4v) is 3.84. The molecule has 2 unspecified atom stereocenters. The maximum atomic E-state index is 13.1. The van der Waals surface area contributed by atoms with Gasteiger partial charge in [0.15, 0.2) is 6.29 Å². The topological polar surface area (TPSA) is 59.9 Å². The van der Waals surface area contributed by atoms with Crippen LogP contribution in [0.1, 0.15) is 42.6 Å². The van der Waals surface area contributed by atoms with Gasteiger partial charge in [-0.25, -0.2) is 0 Å². The second kappa shape index (κ2) is 10.6. The van der Waals surface area contributed by atoms with E-state index in [1.165, 1.54) is 24.7 Å². The van der Waals surface area contributed by atoms with Crippen molar-refractivity contribution in [2.24, 2.45) is 0 Å². The van der Waals surface area contributed by atoms with Gasteiger partial charge in [0, 0.05) is 60.6 Å².